The molecule has 3 aliphatic rings. The van der Waals surface area contributed by atoms with Gasteiger partial charge in [-0.05, 0) is 92.8 Å². The van der Waals surface area contributed by atoms with Crippen molar-refractivity contribution in [2.45, 2.75) is 76.4 Å². The number of rotatable bonds is 7. The molecule has 1 N–H and O–H groups in total. The summed E-state index contributed by atoms with van der Waals surface area (Å²) in [7, 11) is 0. The van der Waals surface area contributed by atoms with Gasteiger partial charge in [-0.2, -0.15) is 13.2 Å². The molecule has 1 spiro atoms. The van der Waals surface area contributed by atoms with Crippen molar-refractivity contribution < 1.29 is 31.4 Å². The molecule has 4 nitrogen and oxygen atoms in total. The summed E-state index contributed by atoms with van der Waals surface area (Å²) in [4.78, 5) is 1.15. The molecule has 1 saturated heterocycles. The number of alkyl halides is 3. The van der Waals surface area contributed by atoms with Crippen molar-refractivity contribution in [1.82, 2.24) is 10.2 Å². The van der Waals surface area contributed by atoms with Gasteiger partial charge in [-0.25, -0.2) is 8.78 Å². The smallest absolute Gasteiger partial charge is 0.401 e. The first kappa shape index (κ1) is 29.9. The van der Waals surface area contributed by atoms with E-state index in [2.05, 4.69) is 5.32 Å². The number of hydrogen-bond acceptors (Lipinski definition) is 4. The quantitative estimate of drug-likeness (QED) is 0.281. The van der Waals surface area contributed by atoms with Gasteiger partial charge in [-0.15, -0.1) is 0 Å². The van der Waals surface area contributed by atoms with E-state index in [1.54, 1.807) is 25.1 Å². The molecule has 2 unspecified atom stereocenters. The molecular formula is C34H37F5N2O2. The van der Waals surface area contributed by atoms with Crippen LogP contribution in [0.15, 0.2) is 60.7 Å². The summed E-state index contributed by atoms with van der Waals surface area (Å²) < 4.78 is 85.1. The number of hydrogen-bond donors (Lipinski definition) is 1. The molecule has 9 heteroatoms. The summed E-state index contributed by atoms with van der Waals surface area (Å²) in [6.07, 6.45) is 0.369. The lowest BCUT2D eigenvalue weighted by atomic mass is 9.77. The summed E-state index contributed by atoms with van der Waals surface area (Å²) in [6, 6.07) is 15.0. The molecule has 0 amide bonds. The van der Waals surface area contributed by atoms with Gasteiger partial charge in [0.05, 0.1) is 18.7 Å². The molecule has 230 valence electrons. The maximum absolute atomic E-state index is 15.9. The topological polar surface area (TPSA) is 33.7 Å². The van der Waals surface area contributed by atoms with Gasteiger partial charge >= 0.3 is 6.18 Å². The third-order valence-corrected chi connectivity index (χ3v) is 9.38. The number of nitrogens with one attached hydrogen (secondary N) is 1. The van der Waals surface area contributed by atoms with Crippen LogP contribution in [-0.4, -0.2) is 42.9 Å². The molecule has 1 aliphatic carbocycles. The number of fused-ring (bicyclic) bond motifs is 1. The van der Waals surface area contributed by atoms with Gasteiger partial charge in [0.15, 0.2) is 0 Å². The fourth-order valence-corrected chi connectivity index (χ4v) is 7.25. The van der Waals surface area contributed by atoms with Crippen molar-refractivity contribution in [2.24, 2.45) is 5.41 Å². The van der Waals surface area contributed by atoms with E-state index in [0.717, 1.165) is 67.8 Å². The van der Waals surface area contributed by atoms with Crippen molar-refractivity contribution in [1.29, 1.82) is 0 Å². The first-order valence-corrected chi connectivity index (χ1v) is 15.1. The average Bonchev–Trinajstić information content (AvgIpc) is 3.34. The fraction of sp³-hybridized carbons (Fsp3) is 0.471. The number of ether oxygens (including phenoxy) is 2. The van der Waals surface area contributed by atoms with Crippen LogP contribution in [-0.2, 0) is 13.0 Å². The summed E-state index contributed by atoms with van der Waals surface area (Å²) in [6.45, 7) is 2.61. The minimum absolute atomic E-state index is 0.0749. The monoisotopic (exact) mass is 600 g/mol. The number of nitrogens with zero attached hydrogens (tertiary/aromatic N) is 1. The van der Waals surface area contributed by atoms with E-state index >= 15 is 8.78 Å². The molecule has 43 heavy (non-hydrogen) atoms. The highest BCUT2D eigenvalue weighted by Crippen LogP contribution is 2.47. The molecule has 3 aromatic rings. The zero-order chi connectivity index (χ0) is 30.2. The number of piperidine rings is 1. The molecule has 2 heterocycles. The number of halogens is 5. The Labute approximate surface area is 249 Å². The fourth-order valence-electron chi connectivity index (χ4n) is 7.25. The summed E-state index contributed by atoms with van der Waals surface area (Å²) in [5.41, 5.74) is 1.92. The van der Waals surface area contributed by atoms with Crippen molar-refractivity contribution >= 4 is 0 Å². The Bertz CT molecular complexity index is 1400. The lowest BCUT2D eigenvalue weighted by Gasteiger charge is -2.42. The average molecular weight is 601 g/mol. The largest absolute Gasteiger partial charge is 0.490 e. The van der Waals surface area contributed by atoms with E-state index in [9.17, 15) is 13.2 Å². The van der Waals surface area contributed by atoms with Gasteiger partial charge in [0.25, 0.3) is 0 Å². The Balaban J connectivity index is 1.28. The lowest BCUT2D eigenvalue weighted by molar-refractivity contribution is -0.155. The molecule has 3 atom stereocenters. The van der Waals surface area contributed by atoms with Crippen LogP contribution in [0.25, 0.3) is 0 Å². The van der Waals surface area contributed by atoms with Crippen LogP contribution in [0.1, 0.15) is 67.3 Å². The second-order valence-corrected chi connectivity index (χ2v) is 12.4. The van der Waals surface area contributed by atoms with Crippen molar-refractivity contribution in [3.8, 4) is 11.5 Å². The normalized spacial score (nSPS) is 23.7. The van der Waals surface area contributed by atoms with E-state index in [4.69, 9.17) is 9.47 Å². The van der Waals surface area contributed by atoms with Gasteiger partial charge in [-0.1, -0.05) is 36.4 Å². The van der Waals surface area contributed by atoms with Crippen LogP contribution < -0.4 is 14.8 Å². The molecule has 0 radical (unpaired) electrons. The van der Waals surface area contributed by atoms with Crippen LogP contribution in [0.5, 0.6) is 11.5 Å². The standard InChI is InChI=1S/C34H37F5N2O2/c1-22-15-24-16-25(42-20-23-5-3-2-4-6-23)7-8-28(24)32(41(22)21-34(37,38)39)31-29(35)17-27(18-30(31)36)43-26-9-10-33(19-26)11-13-40-14-12-33/h2-8,16-18,22,26,32,40H,9-15,19-21H2,1H3/t22-,26?,32?/m1/s1. The molecule has 2 aliphatic heterocycles. The highest BCUT2D eigenvalue weighted by Gasteiger charge is 2.43. The lowest BCUT2D eigenvalue weighted by Crippen LogP contribution is -2.47. The number of benzene rings is 3. The first-order valence-electron chi connectivity index (χ1n) is 15.1. The SMILES string of the molecule is C[C@@H]1Cc2cc(OCc3ccccc3)ccc2C(c2c(F)cc(OC3CCC4(CCNCC4)C3)cc2F)N1CC(F)(F)F. The van der Waals surface area contributed by atoms with Gasteiger partial charge < -0.3 is 14.8 Å². The third kappa shape index (κ3) is 6.68. The van der Waals surface area contributed by atoms with E-state index in [0.29, 0.717) is 23.5 Å². The van der Waals surface area contributed by atoms with Crippen LogP contribution >= 0.6 is 0 Å². The zero-order valence-electron chi connectivity index (χ0n) is 24.2. The van der Waals surface area contributed by atoms with Crippen molar-refractivity contribution in [2.75, 3.05) is 19.6 Å². The summed E-state index contributed by atoms with van der Waals surface area (Å²) in [5.74, 6) is -1.20. The van der Waals surface area contributed by atoms with Crippen LogP contribution in [0.2, 0.25) is 0 Å². The Morgan fingerprint density at radius 3 is 2.35 bits per heavy atom. The van der Waals surface area contributed by atoms with Gasteiger partial charge in [-0.3, -0.25) is 4.90 Å². The van der Waals surface area contributed by atoms with E-state index in [1.807, 2.05) is 30.3 Å². The van der Waals surface area contributed by atoms with Gasteiger partial charge in [0.1, 0.15) is 29.7 Å². The second-order valence-electron chi connectivity index (χ2n) is 12.4. The van der Waals surface area contributed by atoms with Gasteiger partial charge in [0, 0.05) is 23.7 Å². The maximum Gasteiger partial charge on any atom is 0.401 e. The second kappa shape index (κ2) is 12.1. The van der Waals surface area contributed by atoms with E-state index < -0.39 is 42.0 Å². The Morgan fingerprint density at radius 1 is 0.930 bits per heavy atom. The first-order chi connectivity index (χ1) is 20.6. The molecule has 0 aromatic heterocycles. The Morgan fingerprint density at radius 2 is 1.65 bits per heavy atom. The minimum Gasteiger partial charge on any atom is -0.490 e. The Hall–Kier alpha value is -3.17. The third-order valence-electron chi connectivity index (χ3n) is 9.38. The molecule has 0 bridgehead atoms. The summed E-state index contributed by atoms with van der Waals surface area (Å²) in [5, 5.41) is 3.38. The van der Waals surface area contributed by atoms with Crippen LogP contribution in [0, 0.1) is 17.0 Å². The van der Waals surface area contributed by atoms with Crippen molar-refractivity contribution in [3.63, 3.8) is 0 Å². The predicted octanol–water partition coefficient (Wildman–Crippen LogP) is 7.74. The van der Waals surface area contributed by atoms with Crippen molar-refractivity contribution in [3.05, 3.63) is 94.6 Å². The predicted molar refractivity (Wildman–Crippen MR) is 154 cm³/mol. The zero-order valence-corrected chi connectivity index (χ0v) is 24.2. The Kier molecular flexibility index (Phi) is 8.39. The maximum atomic E-state index is 15.9. The molecular weight excluding hydrogens is 563 g/mol. The molecule has 1 saturated carbocycles. The highest BCUT2D eigenvalue weighted by molar-refractivity contribution is 5.46. The van der Waals surface area contributed by atoms with E-state index in [1.165, 1.54) is 0 Å². The van der Waals surface area contributed by atoms with E-state index in [-0.39, 0.29) is 23.7 Å². The van der Waals surface area contributed by atoms with Gasteiger partial charge in [0.2, 0.25) is 0 Å². The van der Waals surface area contributed by atoms with Crippen LogP contribution in [0.4, 0.5) is 22.0 Å². The molecule has 3 aromatic carbocycles. The van der Waals surface area contributed by atoms with Crippen LogP contribution in [0.3, 0.4) is 0 Å². The molecule has 6 rings (SSSR count). The highest BCUT2D eigenvalue weighted by atomic mass is 19.4. The summed E-state index contributed by atoms with van der Waals surface area (Å²) >= 11 is 0. The molecule has 2 fully saturated rings. The minimum atomic E-state index is -4.55.